The van der Waals surface area contributed by atoms with Crippen molar-refractivity contribution in [2.75, 3.05) is 12.3 Å². The van der Waals surface area contributed by atoms with Crippen LogP contribution in [0.3, 0.4) is 0 Å². The van der Waals surface area contributed by atoms with E-state index in [1.807, 2.05) is 11.8 Å². The molecule has 1 aliphatic heterocycles. The molecule has 0 saturated carbocycles. The molecule has 88 valence electrons. The van der Waals surface area contributed by atoms with E-state index in [1.54, 1.807) is 0 Å². The molecule has 1 aliphatic rings. The summed E-state index contributed by atoms with van der Waals surface area (Å²) in [4.78, 5) is 4.66. The highest BCUT2D eigenvalue weighted by Gasteiger charge is 2.30. The first-order valence-electron chi connectivity index (χ1n) is 5.92. The molecule has 0 aliphatic carbocycles. The summed E-state index contributed by atoms with van der Waals surface area (Å²) in [5.74, 6) is 2.55. The Morgan fingerprint density at radius 3 is 2.60 bits per heavy atom. The minimum Gasteiger partial charge on any atom is -0.359 e. The fraction of sp³-hybridized carbons (Fsp3) is 0.917. The number of aliphatic imine (C=N–C) groups is 1. The molecular formula is C12H24N2S. The average Bonchev–Trinajstić information content (AvgIpc) is 2.57. The van der Waals surface area contributed by atoms with Crippen LogP contribution in [0, 0.1) is 11.8 Å². The zero-order valence-electron chi connectivity index (χ0n) is 10.6. The standard InChI is InChI=1S/C12H24N2S/c1-6-12(5)8-15-11(14-12)13-7-10(4)9(2)3/h9-10H,6-8H2,1-5H3,(H,13,14). The predicted octanol–water partition coefficient (Wildman–Crippen LogP) is 3.14. The van der Waals surface area contributed by atoms with E-state index < -0.39 is 0 Å². The second-order valence-corrected chi connectivity index (χ2v) is 6.16. The molecule has 15 heavy (non-hydrogen) atoms. The molecule has 0 bridgehead atoms. The second kappa shape index (κ2) is 5.24. The van der Waals surface area contributed by atoms with Crippen molar-refractivity contribution >= 4 is 16.9 Å². The SMILES string of the molecule is CCC1(C)CSC(=NCC(C)C(C)C)N1. The maximum atomic E-state index is 4.66. The largest absolute Gasteiger partial charge is 0.359 e. The number of hydrogen-bond acceptors (Lipinski definition) is 2. The maximum absolute atomic E-state index is 4.66. The third-order valence-corrected chi connectivity index (χ3v) is 4.66. The summed E-state index contributed by atoms with van der Waals surface area (Å²) >= 11 is 1.87. The molecule has 2 nitrogen and oxygen atoms in total. The van der Waals surface area contributed by atoms with Crippen LogP contribution in [0.1, 0.15) is 41.0 Å². The van der Waals surface area contributed by atoms with E-state index in [1.165, 1.54) is 6.42 Å². The van der Waals surface area contributed by atoms with Crippen molar-refractivity contribution in [3.05, 3.63) is 0 Å². The van der Waals surface area contributed by atoms with Gasteiger partial charge in [0.05, 0.1) is 0 Å². The number of nitrogens with one attached hydrogen (secondary N) is 1. The molecule has 0 aromatic carbocycles. The van der Waals surface area contributed by atoms with E-state index in [9.17, 15) is 0 Å². The lowest BCUT2D eigenvalue weighted by atomic mass is 9.99. The molecule has 0 spiro atoms. The van der Waals surface area contributed by atoms with Crippen molar-refractivity contribution in [2.45, 2.75) is 46.6 Å². The fourth-order valence-corrected chi connectivity index (χ4v) is 2.49. The van der Waals surface area contributed by atoms with E-state index in [4.69, 9.17) is 0 Å². The Morgan fingerprint density at radius 1 is 1.47 bits per heavy atom. The summed E-state index contributed by atoms with van der Waals surface area (Å²) in [5.41, 5.74) is 0.268. The Bertz CT molecular complexity index is 238. The Kier molecular flexibility index (Phi) is 4.50. The van der Waals surface area contributed by atoms with Crippen LogP contribution >= 0.6 is 11.8 Å². The first-order chi connectivity index (χ1) is 6.97. The van der Waals surface area contributed by atoms with Gasteiger partial charge in [0.15, 0.2) is 5.17 Å². The highest BCUT2D eigenvalue weighted by Crippen LogP contribution is 2.25. The van der Waals surface area contributed by atoms with Gasteiger partial charge >= 0.3 is 0 Å². The van der Waals surface area contributed by atoms with Gasteiger partial charge in [-0.25, -0.2) is 0 Å². The molecule has 1 fully saturated rings. The number of hydrogen-bond donors (Lipinski definition) is 1. The van der Waals surface area contributed by atoms with Gasteiger partial charge in [0.25, 0.3) is 0 Å². The Balaban J connectivity index is 2.43. The smallest absolute Gasteiger partial charge is 0.157 e. The molecule has 0 aromatic heterocycles. The minimum absolute atomic E-state index is 0.268. The van der Waals surface area contributed by atoms with Crippen molar-refractivity contribution in [1.82, 2.24) is 5.32 Å². The molecule has 0 amide bonds. The summed E-state index contributed by atoms with van der Waals surface area (Å²) in [5, 5.41) is 4.67. The first kappa shape index (κ1) is 12.9. The quantitative estimate of drug-likeness (QED) is 0.799. The Hall–Kier alpha value is -0.180. The summed E-state index contributed by atoms with van der Waals surface area (Å²) in [6, 6.07) is 0. The van der Waals surface area contributed by atoms with Gasteiger partial charge in [0.2, 0.25) is 0 Å². The van der Waals surface area contributed by atoms with Crippen LogP contribution in [-0.4, -0.2) is 23.0 Å². The van der Waals surface area contributed by atoms with Crippen molar-refractivity contribution in [2.24, 2.45) is 16.8 Å². The molecule has 3 heteroatoms. The van der Waals surface area contributed by atoms with Crippen LogP contribution in [0.2, 0.25) is 0 Å². The molecule has 1 N–H and O–H groups in total. The fourth-order valence-electron chi connectivity index (χ4n) is 1.27. The third-order valence-electron chi connectivity index (χ3n) is 3.38. The van der Waals surface area contributed by atoms with Gasteiger partial charge in [-0.05, 0) is 25.2 Å². The monoisotopic (exact) mass is 228 g/mol. The topological polar surface area (TPSA) is 24.4 Å². The van der Waals surface area contributed by atoms with Crippen LogP contribution in [0.5, 0.6) is 0 Å². The summed E-state index contributed by atoms with van der Waals surface area (Å²) in [7, 11) is 0. The zero-order valence-corrected chi connectivity index (χ0v) is 11.4. The summed E-state index contributed by atoms with van der Waals surface area (Å²) < 4.78 is 0. The van der Waals surface area contributed by atoms with Crippen molar-refractivity contribution in [3.8, 4) is 0 Å². The average molecular weight is 228 g/mol. The van der Waals surface area contributed by atoms with Crippen LogP contribution in [0.25, 0.3) is 0 Å². The van der Waals surface area contributed by atoms with Gasteiger partial charge in [0, 0.05) is 17.8 Å². The number of nitrogens with zero attached hydrogens (tertiary/aromatic N) is 1. The van der Waals surface area contributed by atoms with Crippen molar-refractivity contribution in [1.29, 1.82) is 0 Å². The first-order valence-corrected chi connectivity index (χ1v) is 6.91. The van der Waals surface area contributed by atoms with Crippen molar-refractivity contribution < 1.29 is 0 Å². The number of rotatable bonds is 4. The van der Waals surface area contributed by atoms with Crippen LogP contribution < -0.4 is 5.32 Å². The minimum atomic E-state index is 0.268. The molecular weight excluding hydrogens is 204 g/mol. The Labute approximate surface area is 98.3 Å². The van der Waals surface area contributed by atoms with Gasteiger partial charge in [-0.2, -0.15) is 0 Å². The van der Waals surface area contributed by atoms with Gasteiger partial charge < -0.3 is 5.32 Å². The molecule has 1 heterocycles. The maximum Gasteiger partial charge on any atom is 0.157 e. The lowest BCUT2D eigenvalue weighted by Gasteiger charge is -2.21. The summed E-state index contributed by atoms with van der Waals surface area (Å²) in [6.07, 6.45) is 1.17. The highest BCUT2D eigenvalue weighted by atomic mass is 32.2. The van der Waals surface area contributed by atoms with Crippen LogP contribution in [0.15, 0.2) is 4.99 Å². The molecule has 0 radical (unpaired) electrons. The van der Waals surface area contributed by atoms with Crippen molar-refractivity contribution in [3.63, 3.8) is 0 Å². The molecule has 1 rings (SSSR count). The van der Waals surface area contributed by atoms with Crippen LogP contribution in [-0.2, 0) is 0 Å². The van der Waals surface area contributed by atoms with Gasteiger partial charge in [-0.15, -0.1) is 0 Å². The highest BCUT2D eigenvalue weighted by molar-refractivity contribution is 8.14. The lowest BCUT2D eigenvalue weighted by Crippen LogP contribution is -2.39. The predicted molar refractivity (Wildman–Crippen MR) is 70.6 cm³/mol. The number of amidine groups is 1. The lowest BCUT2D eigenvalue weighted by molar-refractivity contribution is 0.428. The molecule has 1 saturated heterocycles. The number of thioether (sulfide) groups is 1. The normalized spacial score (nSPS) is 30.9. The molecule has 2 atom stereocenters. The van der Waals surface area contributed by atoms with E-state index in [0.29, 0.717) is 5.92 Å². The zero-order chi connectivity index (χ0) is 11.5. The van der Waals surface area contributed by atoms with Gasteiger partial charge in [-0.1, -0.05) is 39.5 Å². The second-order valence-electron chi connectivity index (χ2n) is 5.20. The Morgan fingerprint density at radius 2 is 2.13 bits per heavy atom. The van der Waals surface area contributed by atoms with E-state index in [0.717, 1.165) is 23.4 Å². The third kappa shape index (κ3) is 3.71. The van der Waals surface area contributed by atoms with E-state index in [-0.39, 0.29) is 5.54 Å². The van der Waals surface area contributed by atoms with Gasteiger partial charge in [-0.3, -0.25) is 4.99 Å². The molecule has 2 unspecified atom stereocenters. The summed E-state index contributed by atoms with van der Waals surface area (Å²) in [6.45, 7) is 12.2. The van der Waals surface area contributed by atoms with Gasteiger partial charge in [0.1, 0.15) is 0 Å². The van der Waals surface area contributed by atoms with Crippen LogP contribution in [0.4, 0.5) is 0 Å². The molecule has 0 aromatic rings. The van der Waals surface area contributed by atoms with E-state index >= 15 is 0 Å². The van der Waals surface area contributed by atoms with E-state index in [2.05, 4.69) is 44.9 Å².